The van der Waals surface area contributed by atoms with Gasteiger partial charge in [0.2, 0.25) is 0 Å². The van der Waals surface area contributed by atoms with E-state index in [-0.39, 0.29) is 0 Å². The van der Waals surface area contributed by atoms with Crippen molar-refractivity contribution < 1.29 is 4.74 Å². The number of methoxy groups -OCH3 is 1. The fourth-order valence-corrected chi connectivity index (χ4v) is 5.41. The highest BCUT2D eigenvalue weighted by atomic mass is 35.5. The molecule has 4 aromatic carbocycles. The summed E-state index contributed by atoms with van der Waals surface area (Å²) in [6.07, 6.45) is 1.85. The molecular formula is C30H22ClN3OS. The van der Waals surface area contributed by atoms with Gasteiger partial charge < -0.3 is 4.74 Å². The van der Waals surface area contributed by atoms with Crippen LogP contribution in [0.1, 0.15) is 16.7 Å². The Labute approximate surface area is 219 Å². The van der Waals surface area contributed by atoms with Gasteiger partial charge >= 0.3 is 0 Å². The summed E-state index contributed by atoms with van der Waals surface area (Å²) in [5.74, 6) is 0.826. The minimum absolute atomic E-state index is 0.716. The topological polar surface area (TPSA) is 37.7 Å². The number of hydrogen-bond acceptors (Lipinski definition) is 5. The average Bonchev–Trinajstić information content (AvgIpc) is 2.93. The van der Waals surface area contributed by atoms with E-state index in [4.69, 9.17) is 21.4 Å². The number of fused-ring (bicyclic) bond motifs is 2. The van der Waals surface area contributed by atoms with Gasteiger partial charge in [0.05, 0.1) is 30.6 Å². The quantitative estimate of drug-likeness (QED) is 0.243. The van der Waals surface area contributed by atoms with Crippen molar-refractivity contribution in [2.45, 2.75) is 16.3 Å². The van der Waals surface area contributed by atoms with Crippen molar-refractivity contribution in [1.82, 2.24) is 4.98 Å². The molecule has 36 heavy (non-hydrogen) atoms. The van der Waals surface area contributed by atoms with E-state index in [0.717, 1.165) is 49.0 Å². The lowest BCUT2D eigenvalue weighted by molar-refractivity contribution is 0.415. The van der Waals surface area contributed by atoms with Crippen LogP contribution < -0.4 is 9.75 Å². The second kappa shape index (κ2) is 9.69. The van der Waals surface area contributed by atoms with Crippen LogP contribution in [-0.2, 0) is 6.54 Å². The van der Waals surface area contributed by atoms with Gasteiger partial charge in [-0.15, -0.1) is 0 Å². The average molecular weight is 508 g/mol. The number of rotatable bonds is 5. The summed E-state index contributed by atoms with van der Waals surface area (Å²) in [5.41, 5.74) is 6.39. The highest BCUT2D eigenvalue weighted by Crippen LogP contribution is 2.36. The zero-order chi connectivity index (χ0) is 24.5. The van der Waals surface area contributed by atoms with Crippen LogP contribution >= 0.6 is 23.4 Å². The number of halogens is 1. The third kappa shape index (κ3) is 4.43. The predicted octanol–water partition coefficient (Wildman–Crippen LogP) is 7.82. The third-order valence-electron chi connectivity index (χ3n) is 6.20. The highest BCUT2D eigenvalue weighted by molar-refractivity contribution is 7.99. The van der Waals surface area contributed by atoms with Crippen LogP contribution in [0, 0.1) is 0 Å². The molecule has 0 unspecified atom stereocenters. The molecule has 1 aliphatic rings. The molecule has 6 heteroatoms. The van der Waals surface area contributed by atoms with Crippen LogP contribution in [-0.4, -0.2) is 17.8 Å². The summed E-state index contributed by atoms with van der Waals surface area (Å²) in [4.78, 5) is 6.78. The Kier molecular flexibility index (Phi) is 6.09. The molecule has 1 aromatic heterocycles. The lowest BCUT2D eigenvalue weighted by Crippen LogP contribution is -2.26. The number of ether oxygens (including phenoxy) is 1. The number of benzene rings is 4. The molecule has 0 saturated heterocycles. The molecule has 0 atom stereocenters. The Morgan fingerprint density at radius 2 is 1.69 bits per heavy atom. The van der Waals surface area contributed by atoms with Crippen molar-refractivity contribution >= 4 is 45.7 Å². The maximum Gasteiger partial charge on any atom is 0.119 e. The first-order valence-corrected chi connectivity index (χ1v) is 12.8. The molecule has 4 nitrogen and oxygen atoms in total. The number of hydrogen-bond donors (Lipinski definition) is 0. The Hall–Kier alpha value is -3.80. The number of hydrazone groups is 1. The van der Waals surface area contributed by atoms with E-state index in [0.29, 0.717) is 11.6 Å². The molecule has 176 valence electrons. The van der Waals surface area contributed by atoms with E-state index in [1.54, 1.807) is 18.9 Å². The van der Waals surface area contributed by atoms with Gasteiger partial charge in [0, 0.05) is 37.5 Å². The van der Waals surface area contributed by atoms with Gasteiger partial charge in [-0.3, -0.25) is 9.99 Å². The standard InChI is InChI=1S/C30H22ClN3OS/c1-35-24-12-15-28-27(18-24)29(16-17-32-28)36-25-13-10-23(11-14-25)34-19-21-4-2-3-5-26(21)30(33-34)20-6-8-22(31)9-7-20/h2-18H,19H2,1H3. The summed E-state index contributed by atoms with van der Waals surface area (Å²) in [5, 5.41) is 8.90. The van der Waals surface area contributed by atoms with Gasteiger partial charge in [-0.1, -0.05) is 59.8 Å². The van der Waals surface area contributed by atoms with Crippen LogP contribution in [0.3, 0.4) is 0 Å². The van der Waals surface area contributed by atoms with Crippen molar-refractivity contribution in [3.63, 3.8) is 0 Å². The SMILES string of the molecule is COc1ccc2nccc(Sc3ccc(N4Cc5ccccc5C(c5ccc(Cl)cc5)=N4)cc3)c2c1. The molecule has 0 amide bonds. The molecule has 0 bridgehead atoms. The minimum atomic E-state index is 0.716. The van der Waals surface area contributed by atoms with Gasteiger partial charge in [0.25, 0.3) is 0 Å². The molecule has 0 fully saturated rings. The Balaban J connectivity index is 1.31. The maximum absolute atomic E-state index is 6.13. The monoisotopic (exact) mass is 507 g/mol. The van der Waals surface area contributed by atoms with Gasteiger partial charge in [-0.25, -0.2) is 0 Å². The third-order valence-corrected chi connectivity index (χ3v) is 7.54. The molecule has 0 saturated carbocycles. The van der Waals surface area contributed by atoms with Crippen LogP contribution in [0.5, 0.6) is 5.75 Å². The van der Waals surface area contributed by atoms with Crippen LogP contribution in [0.15, 0.2) is 118 Å². The van der Waals surface area contributed by atoms with Gasteiger partial charge in [-0.2, -0.15) is 5.10 Å². The van der Waals surface area contributed by atoms with E-state index < -0.39 is 0 Å². The first kappa shape index (κ1) is 22.7. The maximum atomic E-state index is 6.13. The minimum Gasteiger partial charge on any atom is -0.497 e. The number of anilines is 1. The van der Waals surface area contributed by atoms with Crippen LogP contribution in [0.4, 0.5) is 5.69 Å². The first-order valence-electron chi connectivity index (χ1n) is 11.6. The molecule has 0 radical (unpaired) electrons. The van der Waals surface area contributed by atoms with Gasteiger partial charge in [0.1, 0.15) is 5.75 Å². The van der Waals surface area contributed by atoms with E-state index in [9.17, 15) is 0 Å². The van der Waals surface area contributed by atoms with Crippen molar-refractivity contribution in [3.05, 3.63) is 125 Å². The lowest BCUT2D eigenvalue weighted by atomic mass is 9.96. The number of nitrogens with zero attached hydrogens (tertiary/aromatic N) is 3. The van der Waals surface area contributed by atoms with Gasteiger partial charge in [-0.05, 0) is 66.2 Å². The summed E-state index contributed by atoms with van der Waals surface area (Å²) < 4.78 is 5.42. The summed E-state index contributed by atoms with van der Waals surface area (Å²) in [6, 6.07) is 32.9. The van der Waals surface area contributed by atoms with Crippen molar-refractivity contribution in [1.29, 1.82) is 0 Å². The molecule has 1 aliphatic heterocycles. The van der Waals surface area contributed by atoms with Crippen LogP contribution in [0.25, 0.3) is 10.9 Å². The molecule has 0 aliphatic carbocycles. The van der Waals surface area contributed by atoms with E-state index in [2.05, 4.69) is 58.5 Å². The second-order valence-electron chi connectivity index (χ2n) is 8.46. The van der Waals surface area contributed by atoms with E-state index >= 15 is 0 Å². The predicted molar refractivity (Wildman–Crippen MR) is 149 cm³/mol. The molecule has 0 spiro atoms. The van der Waals surface area contributed by atoms with Gasteiger partial charge in [0.15, 0.2) is 0 Å². The fourth-order valence-electron chi connectivity index (χ4n) is 4.36. The fraction of sp³-hybridized carbons (Fsp3) is 0.0667. The van der Waals surface area contributed by atoms with Crippen molar-refractivity contribution in [3.8, 4) is 5.75 Å². The zero-order valence-electron chi connectivity index (χ0n) is 19.6. The molecule has 0 N–H and O–H groups in total. The molecular weight excluding hydrogens is 486 g/mol. The largest absolute Gasteiger partial charge is 0.497 e. The summed E-state index contributed by atoms with van der Waals surface area (Å²) in [6.45, 7) is 0.717. The molecule has 5 aromatic rings. The second-order valence-corrected chi connectivity index (χ2v) is 10.0. The summed E-state index contributed by atoms with van der Waals surface area (Å²) >= 11 is 7.85. The first-order chi connectivity index (χ1) is 17.7. The Bertz CT molecular complexity index is 1580. The number of pyridine rings is 1. The molecule has 2 heterocycles. The normalized spacial score (nSPS) is 12.8. The number of aromatic nitrogens is 1. The van der Waals surface area contributed by atoms with Crippen molar-refractivity contribution in [2.75, 3.05) is 12.1 Å². The zero-order valence-corrected chi connectivity index (χ0v) is 21.1. The Morgan fingerprint density at radius 1 is 0.889 bits per heavy atom. The van der Waals surface area contributed by atoms with E-state index in [1.807, 2.05) is 54.7 Å². The smallest absolute Gasteiger partial charge is 0.119 e. The lowest BCUT2D eigenvalue weighted by Gasteiger charge is -2.28. The van der Waals surface area contributed by atoms with Crippen molar-refractivity contribution in [2.24, 2.45) is 5.10 Å². The van der Waals surface area contributed by atoms with Crippen LogP contribution in [0.2, 0.25) is 5.02 Å². The Morgan fingerprint density at radius 3 is 2.50 bits per heavy atom. The summed E-state index contributed by atoms with van der Waals surface area (Å²) in [7, 11) is 1.68. The highest BCUT2D eigenvalue weighted by Gasteiger charge is 2.21. The van der Waals surface area contributed by atoms with E-state index in [1.165, 1.54) is 5.56 Å². The molecule has 6 rings (SSSR count).